The number of hydrogen-bond donors (Lipinski definition) is 0. The summed E-state index contributed by atoms with van der Waals surface area (Å²) in [5.74, 6) is 0.644. The molecule has 1 heterocycles. The van der Waals surface area contributed by atoms with Crippen LogP contribution in [0.1, 0.15) is 6.42 Å². The maximum atomic E-state index is 11.9. The zero-order chi connectivity index (χ0) is 10.9. The lowest BCUT2D eigenvalue weighted by Crippen LogP contribution is -2.23. The minimum atomic E-state index is -0.294. The van der Waals surface area contributed by atoms with Gasteiger partial charge in [0.2, 0.25) is 5.88 Å². The van der Waals surface area contributed by atoms with Crippen LogP contribution in [0.2, 0.25) is 0 Å². The molecule has 0 spiro atoms. The molecule has 84 valence electrons. The lowest BCUT2D eigenvalue weighted by Gasteiger charge is -2.14. The van der Waals surface area contributed by atoms with Gasteiger partial charge in [-0.15, -0.1) is 0 Å². The van der Waals surface area contributed by atoms with Crippen LogP contribution in [0.5, 0.6) is 5.88 Å². The van der Waals surface area contributed by atoms with E-state index in [0.717, 1.165) is 13.0 Å². The van der Waals surface area contributed by atoms with Gasteiger partial charge in [0, 0.05) is 25.4 Å². The second-order valence-electron chi connectivity index (χ2n) is 3.36. The van der Waals surface area contributed by atoms with Gasteiger partial charge in [0.05, 0.1) is 6.61 Å². The predicted octanol–water partition coefficient (Wildman–Crippen LogP) is 1.75. The highest BCUT2D eigenvalue weighted by molar-refractivity contribution is 5.08. The first-order chi connectivity index (χ1) is 7.33. The van der Waals surface area contributed by atoms with Gasteiger partial charge in [0.15, 0.2) is 0 Å². The number of nitrogens with zero attached hydrogens (tertiary/aromatic N) is 2. The zero-order valence-corrected chi connectivity index (χ0v) is 9.03. The summed E-state index contributed by atoms with van der Waals surface area (Å²) in [5, 5.41) is 0. The molecule has 0 aliphatic carbocycles. The van der Waals surface area contributed by atoms with Crippen LogP contribution in [0, 0.1) is 0 Å². The quantitative estimate of drug-likeness (QED) is 0.644. The third kappa shape index (κ3) is 5.32. The van der Waals surface area contributed by atoms with E-state index in [9.17, 15) is 4.39 Å². The Balaban J connectivity index is 2.07. The zero-order valence-electron chi connectivity index (χ0n) is 9.03. The molecule has 0 radical (unpaired) electrons. The smallest absolute Gasteiger partial charge is 0.213 e. The molecule has 1 aromatic rings. The average Bonchev–Trinajstić information content (AvgIpc) is 2.26. The van der Waals surface area contributed by atoms with Gasteiger partial charge in [-0.2, -0.15) is 0 Å². The highest BCUT2D eigenvalue weighted by Gasteiger charge is 1.98. The van der Waals surface area contributed by atoms with Crippen LogP contribution in [0.25, 0.3) is 0 Å². The van der Waals surface area contributed by atoms with E-state index in [2.05, 4.69) is 4.98 Å². The summed E-state index contributed by atoms with van der Waals surface area (Å²) in [5.41, 5.74) is 0. The Morgan fingerprint density at radius 1 is 1.40 bits per heavy atom. The Morgan fingerprint density at radius 3 is 2.93 bits per heavy atom. The summed E-state index contributed by atoms with van der Waals surface area (Å²) < 4.78 is 17.3. The van der Waals surface area contributed by atoms with E-state index in [1.807, 2.05) is 30.1 Å². The summed E-state index contributed by atoms with van der Waals surface area (Å²) in [6.07, 6.45) is 2.58. The van der Waals surface area contributed by atoms with E-state index in [0.29, 0.717) is 19.0 Å². The van der Waals surface area contributed by atoms with Crippen molar-refractivity contribution in [2.45, 2.75) is 6.42 Å². The van der Waals surface area contributed by atoms with Crippen LogP contribution in [0.4, 0.5) is 4.39 Å². The Kier molecular flexibility index (Phi) is 5.70. The van der Waals surface area contributed by atoms with Crippen LogP contribution >= 0.6 is 0 Å². The predicted molar refractivity (Wildman–Crippen MR) is 57.8 cm³/mol. The second kappa shape index (κ2) is 7.17. The van der Waals surface area contributed by atoms with E-state index in [1.165, 1.54) is 0 Å². The van der Waals surface area contributed by atoms with Crippen molar-refractivity contribution in [2.24, 2.45) is 0 Å². The van der Waals surface area contributed by atoms with Crippen molar-refractivity contribution in [3.05, 3.63) is 24.4 Å². The van der Waals surface area contributed by atoms with Gasteiger partial charge < -0.3 is 9.64 Å². The second-order valence-corrected chi connectivity index (χ2v) is 3.36. The molecular weight excluding hydrogens is 195 g/mol. The minimum absolute atomic E-state index is 0.294. The topological polar surface area (TPSA) is 25.4 Å². The largest absolute Gasteiger partial charge is 0.478 e. The van der Waals surface area contributed by atoms with Gasteiger partial charge in [0.25, 0.3) is 0 Å². The first-order valence-electron chi connectivity index (χ1n) is 5.11. The van der Waals surface area contributed by atoms with Gasteiger partial charge in [0.1, 0.15) is 6.67 Å². The van der Waals surface area contributed by atoms with Crippen LogP contribution in [-0.4, -0.2) is 43.3 Å². The first kappa shape index (κ1) is 11.9. The number of hydrogen-bond acceptors (Lipinski definition) is 3. The Labute approximate surface area is 89.9 Å². The van der Waals surface area contributed by atoms with Gasteiger partial charge in [-0.3, -0.25) is 0 Å². The van der Waals surface area contributed by atoms with E-state index in [4.69, 9.17) is 4.74 Å². The Bertz CT molecular complexity index is 256. The molecule has 0 N–H and O–H groups in total. The summed E-state index contributed by atoms with van der Waals surface area (Å²) >= 11 is 0. The molecule has 0 saturated carbocycles. The number of rotatable bonds is 7. The van der Waals surface area contributed by atoms with Crippen LogP contribution < -0.4 is 4.74 Å². The molecule has 0 aliphatic rings. The number of ether oxygens (including phenoxy) is 1. The molecule has 0 bridgehead atoms. The summed E-state index contributed by atoms with van der Waals surface area (Å²) in [6.45, 7) is 1.66. The standard InChI is InChI=1S/C11H17FN2O/c1-14(9-6-12)8-4-10-15-11-5-2-3-7-13-11/h2-3,5,7H,4,6,8-10H2,1H3. The summed E-state index contributed by atoms with van der Waals surface area (Å²) in [6, 6.07) is 5.56. The molecular formula is C11H17FN2O. The number of aromatic nitrogens is 1. The summed E-state index contributed by atoms with van der Waals surface area (Å²) in [4.78, 5) is 5.98. The molecule has 4 heteroatoms. The lowest BCUT2D eigenvalue weighted by atomic mass is 10.4. The fraction of sp³-hybridized carbons (Fsp3) is 0.545. The van der Waals surface area contributed by atoms with E-state index in [-0.39, 0.29) is 6.67 Å². The molecule has 0 saturated heterocycles. The molecule has 15 heavy (non-hydrogen) atoms. The van der Waals surface area contributed by atoms with Crippen LogP contribution in [0.3, 0.4) is 0 Å². The molecule has 0 atom stereocenters. The SMILES string of the molecule is CN(CCF)CCCOc1ccccn1. The van der Waals surface area contributed by atoms with Crippen molar-refractivity contribution in [3.8, 4) is 5.88 Å². The van der Waals surface area contributed by atoms with Gasteiger partial charge in [-0.1, -0.05) is 6.07 Å². The van der Waals surface area contributed by atoms with Crippen molar-refractivity contribution >= 4 is 0 Å². The highest BCUT2D eigenvalue weighted by Crippen LogP contribution is 2.03. The first-order valence-corrected chi connectivity index (χ1v) is 5.11. The number of alkyl halides is 1. The fourth-order valence-electron chi connectivity index (χ4n) is 1.20. The number of halogens is 1. The third-order valence-corrected chi connectivity index (χ3v) is 2.04. The van der Waals surface area contributed by atoms with Crippen molar-refractivity contribution in [1.82, 2.24) is 9.88 Å². The Hall–Kier alpha value is -1.16. The van der Waals surface area contributed by atoms with Crippen LogP contribution in [-0.2, 0) is 0 Å². The molecule has 0 unspecified atom stereocenters. The molecule has 0 aliphatic heterocycles. The number of pyridine rings is 1. The minimum Gasteiger partial charge on any atom is -0.478 e. The third-order valence-electron chi connectivity index (χ3n) is 2.04. The van der Waals surface area contributed by atoms with Crippen LogP contribution in [0.15, 0.2) is 24.4 Å². The van der Waals surface area contributed by atoms with E-state index >= 15 is 0 Å². The van der Waals surface area contributed by atoms with E-state index < -0.39 is 0 Å². The molecule has 1 aromatic heterocycles. The monoisotopic (exact) mass is 212 g/mol. The molecule has 0 aromatic carbocycles. The molecule has 0 fully saturated rings. The van der Waals surface area contributed by atoms with Crippen molar-refractivity contribution < 1.29 is 9.13 Å². The lowest BCUT2D eigenvalue weighted by molar-refractivity contribution is 0.245. The van der Waals surface area contributed by atoms with Crippen molar-refractivity contribution in [2.75, 3.05) is 33.4 Å². The van der Waals surface area contributed by atoms with Gasteiger partial charge >= 0.3 is 0 Å². The normalized spacial score (nSPS) is 10.6. The average molecular weight is 212 g/mol. The maximum Gasteiger partial charge on any atom is 0.213 e. The van der Waals surface area contributed by atoms with Gasteiger partial charge in [-0.25, -0.2) is 9.37 Å². The highest BCUT2D eigenvalue weighted by atomic mass is 19.1. The maximum absolute atomic E-state index is 11.9. The molecule has 1 rings (SSSR count). The molecule has 3 nitrogen and oxygen atoms in total. The van der Waals surface area contributed by atoms with Crippen molar-refractivity contribution in [1.29, 1.82) is 0 Å². The van der Waals surface area contributed by atoms with Gasteiger partial charge in [-0.05, 0) is 19.5 Å². The Morgan fingerprint density at radius 2 is 2.27 bits per heavy atom. The fourth-order valence-corrected chi connectivity index (χ4v) is 1.20. The summed E-state index contributed by atoms with van der Waals surface area (Å²) in [7, 11) is 1.90. The van der Waals surface area contributed by atoms with E-state index in [1.54, 1.807) is 6.20 Å². The molecule has 0 amide bonds. The van der Waals surface area contributed by atoms with Crippen molar-refractivity contribution in [3.63, 3.8) is 0 Å².